The maximum atomic E-state index is 11.9. The van der Waals surface area contributed by atoms with E-state index in [0.29, 0.717) is 17.1 Å². The van der Waals surface area contributed by atoms with Gasteiger partial charge in [-0.3, -0.25) is 16.0 Å². The van der Waals surface area contributed by atoms with Gasteiger partial charge in [-0.1, -0.05) is 11.6 Å². The third-order valence-electron chi connectivity index (χ3n) is 3.66. The molecule has 1 atom stereocenters. The van der Waals surface area contributed by atoms with Gasteiger partial charge in [0.05, 0.1) is 21.2 Å². The average Bonchev–Trinajstić information content (AvgIpc) is 2.49. The predicted octanol–water partition coefficient (Wildman–Crippen LogP) is 0.580. The minimum Gasteiger partial charge on any atom is -0.271 e. The number of halogens is 1. The van der Waals surface area contributed by atoms with Gasteiger partial charge in [0.15, 0.2) is 9.84 Å². The highest BCUT2D eigenvalue weighted by Gasteiger charge is 2.39. The van der Waals surface area contributed by atoms with Gasteiger partial charge in [-0.15, -0.1) is 0 Å². The first kappa shape index (κ1) is 16.4. The molecule has 0 aliphatic heterocycles. The Hall–Kier alpha value is -0.630. The molecule has 8 heteroatoms. The maximum absolute atomic E-state index is 11.9. The highest BCUT2D eigenvalue weighted by atomic mass is 35.5. The van der Waals surface area contributed by atoms with E-state index in [0.717, 1.165) is 5.69 Å². The van der Waals surface area contributed by atoms with Crippen molar-refractivity contribution < 1.29 is 8.42 Å². The summed E-state index contributed by atoms with van der Waals surface area (Å²) in [6, 6.07) is -0.463. The molecule has 6 nitrogen and oxygen atoms in total. The van der Waals surface area contributed by atoms with Crippen LogP contribution in [0.5, 0.6) is 0 Å². The van der Waals surface area contributed by atoms with Gasteiger partial charge in [-0.25, -0.2) is 8.42 Å². The normalized spacial score (nSPS) is 14.7. The largest absolute Gasteiger partial charge is 0.271 e. The maximum Gasteiger partial charge on any atom is 0.154 e. The van der Waals surface area contributed by atoms with Crippen molar-refractivity contribution in [2.75, 3.05) is 6.26 Å². The fourth-order valence-corrected chi connectivity index (χ4v) is 2.76. The van der Waals surface area contributed by atoms with Gasteiger partial charge in [-0.2, -0.15) is 5.10 Å². The summed E-state index contributed by atoms with van der Waals surface area (Å²) in [6.07, 6.45) is 1.58. The molecule has 1 heterocycles. The van der Waals surface area contributed by atoms with E-state index in [1.807, 2.05) is 0 Å². The van der Waals surface area contributed by atoms with Crippen LogP contribution in [0.25, 0.3) is 0 Å². The van der Waals surface area contributed by atoms with Gasteiger partial charge >= 0.3 is 0 Å². The number of hydrogen-bond acceptors (Lipinski definition) is 5. The second-order valence-electron chi connectivity index (χ2n) is 5.27. The number of hydrogen-bond donors (Lipinski definition) is 2. The van der Waals surface area contributed by atoms with Crippen LogP contribution in [-0.2, 0) is 23.3 Å². The number of aryl methyl sites for hydroxylation is 2. The van der Waals surface area contributed by atoms with Gasteiger partial charge in [-0.05, 0) is 20.8 Å². The Labute approximate surface area is 119 Å². The molecular weight excluding hydrogens is 288 g/mol. The zero-order chi connectivity index (χ0) is 15.0. The van der Waals surface area contributed by atoms with E-state index >= 15 is 0 Å². The van der Waals surface area contributed by atoms with Gasteiger partial charge in [0.25, 0.3) is 0 Å². The Morgan fingerprint density at radius 3 is 2.37 bits per heavy atom. The average molecular weight is 309 g/mol. The molecule has 0 amide bonds. The second-order valence-corrected chi connectivity index (χ2v) is 8.24. The number of nitrogens with one attached hydrogen (secondary N) is 1. The SMILES string of the molecule is Cc1nn(C)c(CC(NN)C(C)(C)S(C)(=O)=O)c1Cl. The van der Waals surface area contributed by atoms with Gasteiger partial charge in [0.1, 0.15) is 0 Å². The Kier molecular flexibility index (Phi) is 4.66. The molecule has 110 valence electrons. The Morgan fingerprint density at radius 2 is 2.05 bits per heavy atom. The van der Waals surface area contributed by atoms with Crippen molar-refractivity contribution >= 4 is 21.4 Å². The number of nitrogens with zero attached hydrogens (tertiary/aromatic N) is 2. The first-order chi connectivity index (χ1) is 8.52. The number of sulfone groups is 1. The van der Waals surface area contributed by atoms with Crippen LogP contribution >= 0.6 is 11.6 Å². The molecule has 1 rings (SSSR count). The third kappa shape index (κ3) is 3.10. The van der Waals surface area contributed by atoms with E-state index in [1.54, 1.807) is 32.5 Å². The first-order valence-corrected chi connectivity index (χ1v) is 8.13. The number of rotatable bonds is 5. The minimum atomic E-state index is -3.27. The van der Waals surface area contributed by atoms with Gasteiger partial charge in [0, 0.05) is 25.8 Å². The Balaban J connectivity index is 3.14. The molecule has 0 saturated heterocycles. The lowest BCUT2D eigenvalue weighted by atomic mass is 9.98. The predicted molar refractivity (Wildman–Crippen MR) is 76.7 cm³/mol. The molecule has 0 bridgehead atoms. The van der Waals surface area contributed by atoms with Crippen LogP contribution < -0.4 is 11.3 Å². The summed E-state index contributed by atoms with van der Waals surface area (Å²) < 4.78 is 24.4. The lowest BCUT2D eigenvalue weighted by molar-refractivity contribution is 0.405. The zero-order valence-corrected chi connectivity index (χ0v) is 13.4. The lowest BCUT2D eigenvalue weighted by Gasteiger charge is -2.32. The number of aromatic nitrogens is 2. The summed E-state index contributed by atoms with van der Waals surface area (Å²) in [7, 11) is -1.49. The van der Waals surface area contributed by atoms with Crippen LogP contribution in [-0.4, -0.2) is 35.2 Å². The van der Waals surface area contributed by atoms with E-state index in [-0.39, 0.29) is 0 Å². The number of hydrazine groups is 1. The van der Waals surface area contributed by atoms with Crippen molar-refractivity contribution in [2.45, 2.75) is 38.0 Å². The van der Waals surface area contributed by atoms with Crippen molar-refractivity contribution in [3.8, 4) is 0 Å². The molecular formula is C11H21ClN4O2S. The van der Waals surface area contributed by atoms with Crippen LogP contribution in [0, 0.1) is 6.92 Å². The van der Waals surface area contributed by atoms with Crippen molar-refractivity contribution in [3.63, 3.8) is 0 Å². The van der Waals surface area contributed by atoms with Gasteiger partial charge in [0.2, 0.25) is 0 Å². The monoisotopic (exact) mass is 308 g/mol. The van der Waals surface area contributed by atoms with E-state index in [4.69, 9.17) is 17.4 Å². The molecule has 0 spiro atoms. The summed E-state index contributed by atoms with van der Waals surface area (Å²) in [4.78, 5) is 0. The van der Waals surface area contributed by atoms with Crippen LogP contribution in [0.4, 0.5) is 0 Å². The minimum absolute atomic E-state index is 0.382. The summed E-state index contributed by atoms with van der Waals surface area (Å²) in [5.74, 6) is 5.52. The molecule has 0 fully saturated rings. The van der Waals surface area contributed by atoms with E-state index < -0.39 is 20.6 Å². The molecule has 3 N–H and O–H groups in total. The van der Waals surface area contributed by atoms with E-state index in [9.17, 15) is 8.42 Å². The molecule has 0 aliphatic rings. The van der Waals surface area contributed by atoms with Crippen LogP contribution in [0.1, 0.15) is 25.2 Å². The quantitative estimate of drug-likeness (QED) is 0.613. The lowest BCUT2D eigenvalue weighted by Crippen LogP contribution is -2.55. The van der Waals surface area contributed by atoms with E-state index in [2.05, 4.69) is 10.5 Å². The van der Waals surface area contributed by atoms with Crippen molar-refractivity contribution in [1.82, 2.24) is 15.2 Å². The summed E-state index contributed by atoms with van der Waals surface area (Å²) in [6.45, 7) is 5.09. The van der Waals surface area contributed by atoms with Crippen molar-refractivity contribution in [3.05, 3.63) is 16.4 Å². The topological polar surface area (TPSA) is 90.0 Å². The Bertz CT molecular complexity index is 565. The molecule has 0 aliphatic carbocycles. The molecule has 19 heavy (non-hydrogen) atoms. The van der Waals surface area contributed by atoms with Gasteiger partial charge < -0.3 is 0 Å². The standard InChI is InChI=1S/C11H21ClN4O2S/c1-7-10(12)8(16(4)15-7)6-9(14-13)11(2,3)19(5,17)18/h9,14H,6,13H2,1-5H3. The molecule has 0 saturated carbocycles. The molecule has 1 aromatic heterocycles. The fourth-order valence-electron chi connectivity index (χ4n) is 1.86. The summed E-state index contributed by atoms with van der Waals surface area (Å²) in [5, 5.41) is 4.76. The van der Waals surface area contributed by atoms with Crippen LogP contribution in [0.2, 0.25) is 5.02 Å². The molecule has 1 aromatic rings. The highest BCUT2D eigenvalue weighted by molar-refractivity contribution is 7.92. The van der Waals surface area contributed by atoms with E-state index in [1.165, 1.54) is 6.26 Å². The highest BCUT2D eigenvalue weighted by Crippen LogP contribution is 2.26. The van der Waals surface area contributed by atoms with Crippen molar-refractivity contribution in [2.24, 2.45) is 12.9 Å². The fraction of sp³-hybridized carbons (Fsp3) is 0.727. The molecule has 1 unspecified atom stereocenters. The van der Waals surface area contributed by atoms with Crippen molar-refractivity contribution in [1.29, 1.82) is 0 Å². The van der Waals surface area contributed by atoms with Crippen LogP contribution in [0.15, 0.2) is 0 Å². The third-order valence-corrected chi connectivity index (χ3v) is 6.34. The zero-order valence-electron chi connectivity index (χ0n) is 11.9. The molecule has 0 radical (unpaired) electrons. The number of nitrogens with two attached hydrogens (primary N) is 1. The smallest absolute Gasteiger partial charge is 0.154 e. The Morgan fingerprint density at radius 1 is 1.53 bits per heavy atom. The first-order valence-electron chi connectivity index (χ1n) is 5.86. The summed E-state index contributed by atoms with van der Waals surface area (Å²) >= 11 is 6.18. The molecule has 0 aromatic carbocycles. The second kappa shape index (κ2) is 5.40. The summed E-state index contributed by atoms with van der Waals surface area (Å²) in [5.41, 5.74) is 4.06. The van der Waals surface area contributed by atoms with Crippen LogP contribution in [0.3, 0.4) is 0 Å².